The maximum atomic E-state index is 8.57. The van der Waals surface area contributed by atoms with Gasteiger partial charge in [0.1, 0.15) is 19.0 Å². The van der Waals surface area contributed by atoms with E-state index in [1.165, 1.54) is 0 Å². The normalized spacial score (nSPS) is 9.67. The minimum atomic E-state index is -0.128. The summed E-state index contributed by atoms with van der Waals surface area (Å²) in [5.41, 5.74) is 0.854. The second-order valence-corrected chi connectivity index (χ2v) is 3.44. The van der Waals surface area contributed by atoms with Crippen LogP contribution in [-0.2, 0) is 9.47 Å². The van der Waals surface area contributed by atoms with E-state index in [-0.39, 0.29) is 6.61 Å². The van der Waals surface area contributed by atoms with Crippen LogP contribution in [0, 0.1) is 11.8 Å². The zero-order valence-corrected chi connectivity index (χ0v) is 10.5. The predicted molar refractivity (Wildman–Crippen MR) is 68.6 cm³/mol. The second kappa shape index (κ2) is 9.49. The fourth-order valence-corrected chi connectivity index (χ4v) is 1.24. The van der Waals surface area contributed by atoms with Gasteiger partial charge in [0.15, 0.2) is 0 Å². The minimum absolute atomic E-state index is 0.128. The van der Waals surface area contributed by atoms with E-state index in [4.69, 9.17) is 19.3 Å². The Morgan fingerprint density at radius 3 is 2.44 bits per heavy atom. The topological polar surface area (TPSA) is 47.9 Å². The van der Waals surface area contributed by atoms with Gasteiger partial charge in [0.05, 0.1) is 19.8 Å². The molecule has 1 aromatic rings. The van der Waals surface area contributed by atoms with Crippen LogP contribution in [0.25, 0.3) is 0 Å². The van der Waals surface area contributed by atoms with Gasteiger partial charge in [-0.05, 0) is 24.3 Å². The van der Waals surface area contributed by atoms with Crippen LogP contribution in [0.3, 0.4) is 0 Å². The van der Waals surface area contributed by atoms with Crippen LogP contribution < -0.4 is 4.74 Å². The Labute approximate surface area is 107 Å². The quantitative estimate of drug-likeness (QED) is 0.581. The van der Waals surface area contributed by atoms with Crippen molar-refractivity contribution >= 4 is 0 Å². The molecule has 0 heterocycles. The summed E-state index contributed by atoms with van der Waals surface area (Å²) >= 11 is 0. The number of ether oxygens (including phenoxy) is 3. The zero-order chi connectivity index (χ0) is 13.1. The predicted octanol–water partition coefficient (Wildman–Crippen LogP) is 1.07. The summed E-state index contributed by atoms with van der Waals surface area (Å²) in [6.45, 7) is 2.09. The van der Waals surface area contributed by atoms with Crippen LogP contribution in [-0.4, -0.2) is 45.3 Å². The van der Waals surface area contributed by atoms with Crippen molar-refractivity contribution in [3.63, 3.8) is 0 Å². The van der Waals surface area contributed by atoms with Gasteiger partial charge in [-0.3, -0.25) is 0 Å². The van der Waals surface area contributed by atoms with Gasteiger partial charge < -0.3 is 19.3 Å². The van der Waals surface area contributed by atoms with Crippen molar-refractivity contribution in [3.05, 3.63) is 29.8 Å². The molecule has 1 N–H and O–H groups in total. The molecule has 0 amide bonds. The first-order valence-electron chi connectivity index (χ1n) is 5.76. The molecule has 4 nitrogen and oxygen atoms in total. The average Bonchev–Trinajstić information content (AvgIpc) is 2.42. The molecular weight excluding hydrogens is 232 g/mol. The molecule has 4 heteroatoms. The molecule has 18 heavy (non-hydrogen) atoms. The third kappa shape index (κ3) is 6.26. The molecule has 0 spiro atoms. The van der Waals surface area contributed by atoms with E-state index in [2.05, 4.69) is 11.8 Å². The SMILES string of the molecule is COCCOCCOc1ccc(C#CCO)cc1. The van der Waals surface area contributed by atoms with Crippen LogP contribution in [0.1, 0.15) is 5.56 Å². The molecule has 0 saturated carbocycles. The van der Waals surface area contributed by atoms with Crippen molar-refractivity contribution in [2.24, 2.45) is 0 Å². The molecule has 0 saturated heterocycles. The molecule has 0 atom stereocenters. The standard InChI is InChI=1S/C14H18O4/c1-16-9-10-17-11-12-18-14-6-4-13(5-7-14)3-2-8-15/h4-7,15H,8-12H2,1H3. The highest BCUT2D eigenvalue weighted by Crippen LogP contribution is 2.11. The van der Waals surface area contributed by atoms with Crippen molar-refractivity contribution in [1.29, 1.82) is 0 Å². The summed E-state index contributed by atoms with van der Waals surface area (Å²) in [5, 5.41) is 8.57. The fraction of sp³-hybridized carbons (Fsp3) is 0.429. The van der Waals surface area contributed by atoms with Gasteiger partial charge in [-0.2, -0.15) is 0 Å². The van der Waals surface area contributed by atoms with Crippen LogP contribution >= 0.6 is 0 Å². The summed E-state index contributed by atoms with van der Waals surface area (Å²) in [6.07, 6.45) is 0. The minimum Gasteiger partial charge on any atom is -0.491 e. The lowest BCUT2D eigenvalue weighted by atomic mass is 10.2. The van der Waals surface area contributed by atoms with Crippen molar-refractivity contribution in [2.45, 2.75) is 0 Å². The highest BCUT2D eigenvalue weighted by molar-refractivity contribution is 5.38. The van der Waals surface area contributed by atoms with Gasteiger partial charge in [0.25, 0.3) is 0 Å². The van der Waals surface area contributed by atoms with Crippen LogP contribution in [0.2, 0.25) is 0 Å². The number of aliphatic hydroxyl groups is 1. The van der Waals surface area contributed by atoms with E-state index in [9.17, 15) is 0 Å². The lowest BCUT2D eigenvalue weighted by Crippen LogP contribution is -2.09. The van der Waals surface area contributed by atoms with Crippen molar-refractivity contribution in [3.8, 4) is 17.6 Å². The number of benzene rings is 1. The Morgan fingerprint density at radius 1 is 1.06 bits per heavy atom. The van der Waals surface area contributed by atoms with E-state index < -0.39 is 0 Å². The van der Waals surface area contributed by atoms with Gasteiger partial charge in [0, 0.05) is 12.7 Å². The summed E-state index contributed by atoms with van der Waals surface area (Å²) in [5.74, 6) is 6.18. The molecule has 1 rings (SSSR count). The largest absolute Gasteiger partial charge is 0.491 e. The summed E-state index contributed by atoms with van der Waals surface area (Å²) in [7, 11) is 1.64. The van der Waals surface area contributed by atoms with Gasteiger partial charge in [-0.1, -0.05) is 11.8 Å². The van der Waals surface area contributed by atoms with Crippen LogP contribution in [0.15, 0.2) is 24.3 Å². The Bertz CT molecular complexity index is 375. The van der Waals surface area contributed by atoms with Gasteiger partial charge >= 0.3 is 0 Å². The number of aliphatic hydroxyl groups excluding tert-OH is 1. The Kier molecular flexibility index (Phi) is 7.65. The first-order chi connectivity index (χ1) is 8.86. The van der Waals surface area contributed by atoms with Crippen LogP contribution in [0.4, 0.5) is 0 Å². The Balaban J connectivity index is 2.22. The molecule has 0 unspecified atom stereocenters. The van der Waals surface area contributed by atoms with E-state index in [1.807, 2.05) is 24.3 Å². The molecular formula is C14H18O4. The van der Waals surface area contributed by atoms with Crippen molar-refractivity contribution < 1.29 is 19.3 Å². The number of methoxy groups -OCH3 is 1. The second-order valence-electron chi connectivity index (χ2n) is 3.44. The maximum Gasteiger partial charge on any atom is 0.119 e. The molecule has 98 valence electrons. The van der Waals surface area contributed by atoms with Crippen LogP contribution in [0.5, 0.6) is 5.75 Å². The maximum absolute atomic E-state index is 8.57. The van der Waals surface area contributed by atoms with E-state index in [0.717, 1.165) is 11.3 Å². The molecule has 0 aliphatic carbocycles. The van der Waals surface area contributed by atoms with E-state index in [0.29, 0.717) is 26.4 Å². The van der Waals surface area contributed by atoms with E-state index >= 15 is 0 Å². The average molecular weight is 250 g/mol. The highest BCUT2D eigenvalue weighted by atomic mass is 16.5. The smallest absolute Gasteiger partial charge is 0.119 e. The van der Waals surface area contributed by atoms with Gasteiger partial charge in [0.2, 0.25) is 0 Å². The van der Waals surface area contributed by atoms with Gasteiger partial charge in [-0.25, -0.2) is 0 Å². The molecule has 0 radical (unpaired) electrons. The monoisotopic (exact) mass is 250 g/mol. The molecule has 0 aliphatic rings. The Morgan fingerprint density at radius 2 is 1.78 bits per heavy atom. The lowest BCUT2D eigenvalue weighted by Gasteiger charge is -2.06. The third-order valence-corrected chi connectivity index (χ3v) is 2.09. The molecule has 0 aromatic heterocycles. The third-order valence-electron chi connectivity index (χ3n) is 2.09. The zero-order valence-electron chi connectivity index (χ0n) is 10.5. The van der Waals surface area contributed by atoms with Crippen molar-refractivity contribution in [2.75, 3.05) is 40.1 Å². The molecule has 0 fully saturated rings. The molecule has 0 bridgehead atoms. The number of rotatable bonds is 7. The summed E-state index contributed by atoms with van der Waals surface area (Å²) < 4.78 is 15.6. The molecule has 0 aliphatic heterocycles. The number of hydrogen-bond acceptors (Lipinski definition) is 4. The fourth-order valence-electron chi connectivity index (χ4n) is 1.24. The first-order valence-corrected chi connectivity index (χ1v) is 5.76. The first kappa shape index (κ1) is 14.5. The lowest BCUT2D eigenvalue weighted by molar-refractivity contribution is 0.0544. The molecule has 1 aromatic carbocycles. The Hall–Kier alpha value is -1.54. The van der Waals surface area contributed by atoms with Gasteiger partial charge in [-0.15, -0.1) is 0 Å². The highest BCUT2D eigenvalue weighted by Gasteiger charge is 1.94. The number of hydrogen-bond donors (Lipinski definition) is 1. The van der Waals surface area contributed by atoms with E-state index in [1.54, 1.807) is 7.11 Å². The van der Waals surface area contributed by atoms with Crippen molar-refractivity contribution in [1.82, 2.24) is 0 Å². The summed E-state index contributed by atoms with van der Waals surface area (Å²) in [6, 6.07) is 7.39. The summed E-state index contributed by atoms with van der Waals surface area (Å²) in [4.78, 5) is 0.